The van der Waals surface area contributed by atoms with Gasteiger partial charge in [-0.05, 0) is 44.0 Å². The van der Waals surface area contributed by atoms with Gasteiger partial charge in [0, 0.05) is 16.9 Å². The highest BCUT2D eigenvalue weighted by atomic mass is 35.5. The fourth-order valence-electron chi connectivity index (χ4n) is 1.50. The largest absolute Gasteiger partial charge is 0.241 e. The van der Waals surface area contributed by atoms with E-state index in [9.17, 15) is 8.42 Å². The summed E-state index contributed by atoms with van der Waals surface area (Å²) in [5, 5.41) is 0.371. The highest BCUT2D eigenvalue weighted by Gasteiger charge is 2.20. The number of halogens is 2. The number of alkyl halides is 1. The molecule has 0 aromatic heterocycles. The zero-order valence-electron chi connectivity index (χ0n) is 9.92. The molecule has 1 N–H and O–H groups in total. The van der Waals surface area contributed by atoms with E-state index >= 15 is 0 Å². The predicted octanol–water partition coefficient (Wildman–Crippen LogP) is 3.07. The zero-order valence-corrected chi connectivity index (χ0v) is 12.2. The van der Waals surface area contributed by atoms with Gasteiger partial charge in [-0.3, -0.25) is 0 Å². The fraction of sp³-hybridized carbons (Fsp3) is 0.455. The van der Waals surface area contributed by atoms with Crippen molar-refractivity contribution in [3.8, 4) is 0 Å². The highest BCUT2D eigenvalue weighted by molar-refractivity contribution is 7.89. The lowest BCUT2D eigenvalue weighted by molar-refractivity contribution is 0.569. The highest BCUT2D eigenvalue weighted by Crippen LogP contribution is 2.25. The Bertz CT molecular complexity index is 512. The maximum Gasteiger partial charge on any atom is 0.241 e. The minimum absolute atomic E-state index is 0.169. The summed E-state index contributed by atoms with van der Waals surface area (Å²) in [6.45, 7) is 5.25. The quantitative estimate of drug-likeness (QED) is 0.868. The minimum Gasteiger partial charge on any atom is -0.209 e. The molecule has 1 aromatic carbocycles. The second-order valence-corrected chi connectivity index (χ2v) is 6.48. The number of benzene rings is 1. The third-order valence-electron chi connectivity index (χ3n) is 2.26. The van der Waals surface area contributed by atoms with Gasteiger partial charge < -0.3 is 0 Å². The van der Waals surface area contributed by atoms with E-state index < -0.39 is 10.0 Å². The van der Waals surface area contributed by atoms with E-state index in [0.717, 1.165) is 5.56 Å². The molecule has 0 heterocycles. The third-order valence-corrected chi connectivity index (χ3v) is 4.55. The molecule has 6 heteroatoms. The van der Waals surface area contributed by atoms with Gasteiger partial charge in [-0.2, -0.15) is 0 Å². The van der Waals surface area contributed by atoms with Gasteiger partial charge in [-0.15, -0.1) is 11.6 Å². The Hall–Kier alpha value is -0.290. The number of sulfonamides is 1. The Labute approximate surface area is 112 Å². The van der Waals surface area contributed by atoms with E-state index in [-0.39, 0.29) is 16.8 Å². The molecule has 0 bridgehead atoms. The molecule has 0 spiro atoms. The maximum atomic E-state index is 12.1. The SMILES string of the molecule is Cc1c(CCl)cc(Cl)cc1S(=O)(=O)NC(C)C. The monoisotopic (exact) mass is 295 g/mol. The molecule has 96 valence electrons. The van der Waals surface area contributed by atoms with Gasteiger partial charge >= 0.3 is 0 Å². The summed E-state index contributed by atoms with van der Waals surface area (Å²) in [6, 6.07) is 2.95. The summed E-state index contributed by atoms with van der Waals surface area (Å²) in [4.78, 5) is 0.189. The van der Waals surface area contributed by atoms with E-state index in [2.05, 4.69) is 4.72 Å². The third kappa shape index (κ3) is 3.58. The Morgan fingerprint density at radius 2 is 1.94 bits per heavy atom. The fourth-order valence-corrected chi connectivity index (χ4v) is 3.65. The van der Waals surface area contributed by atoms with Crippen molar-refractivity contribution in [3.05, 3.63) is 28.3 Å². The molecule has 1 aromatic rings. The number of nitrogens with one attached hydrogen (secondary N) is 1. The van der Waals surface area contributed by atoms with Crippen molar-refractivity contribution in [1.82, 2.24) is 4.72 Å². The number of hydrogen-bond acceptors (Lipinski definition) is 2. The van der Waals surface area contributed by atoms with Gasteiger partial charge in [0.05, 0.1) is 4.90 Å². The van der Waals surface area contributed by atoms with Crippen molar-refractivity contribution in [2.75, 3.05) is 0 Å². The summed E-state index contributed by atoms with van der Waals surface area (Å²) in [5.41, 5.74) is 1.36. The Kier molecular flexibility index (Phi) is 4.84. The predicted molar refractivity (Wildman–Crippen MR) is 71.2 cm³/mol. The zero-order chi connectivity index (χ0) is 13.2. The summed E-state index contributed by atoms with van der Waals surface area (Å²) in [7, 11) is -3.54. The van der Waals surface area contributed by atoms with Crippen LogP contribution in [0.5, 0.6) is 0 Å². The average Bonchev–Trinajstić information content (AvgIpc) is 2.18. The summed E-state index contributed by atoms with van der Waals surface area (Å²) in [6.07, 6.45) is 0. The van der Waals surface area contributed by atoms with Crippen molar-refractivity contribution in [2.45, 2.75) is 37.6 Å². The van der Waals surface area contributed by atoms with Crippen LogP contribution in [0.2, 0.25) is 5.02 Å². The summed E-state index contributed by atoms with van der Waals surface area (Å²) >= 11 is 11.7. The minimum atomic E-state index is -3.54. The summed E-state index contributed by atoms with van der Waals surface area (Å²) < 4.78 is 26.7. The maximum absolute atomic E-state index is 12.1. The van der Waals surface area contributed by atoms with Gasteiger partial charge in [0.25, 0.3) is 0 Å². The van der Waals surface area contributed by atoms with E-state index in [0.29, 0.717) is 10.6 Å². The number of hydrogen-bond donors (Lipinski definition) is 1. The first kappa shape index (κ1) is 14.8. The molecular formula is C11H15Cl2NO2S. The van der Waals surface area contributed by atoms with Gasteiger partial charge in [0.15, 0.2) is 0 Å². The topological polar surface area (TPSA) is 46.2 Å². The van der Waals surface area contributed by atoms with E-state index in [4.69, 9.17) is 23.2 Å². The van der Waals surface area contributed by atoms with Crippen LogP contribution in [0.4, 0.5) is 0 Å². The first-order chi connectivity index (χ1) is 7.77. The van der Waals surface area contributed by atoms with Crippen molar-refractivity contribution < 1.29 is 8.42 Å². The van der Waals surface area contributed by atoms with Crippen molar-refractivity contribution >= 4 is 33.2 Å². The van der Waals surface area contributed by atoms with Crippen molar-refractivity contribution in [2.24, 2.45) is 0 Å². The molecule has 1 rings (SSSR count). The van der Waals surface area contributed by atoms with E-state index in [1.54, 1.807) is 26.8 Å². The van der Waals surface area contributed by atoms with Crippen LogP contribution >= 0.6 is 23.2 Å². The first-order valence-corrected chi connectivity index (χ1v) is 7.55. The molecule has 0 aliphatic rings. The average molecular weight is 296 g/mol. The molecular weight excluding hydrogens is 281 g/mol. The van der Waals surface area contributed by atoms with Crippen LogP contribution in [-0.2, 0) is 15.9 Å². The lowest BCUT2D eigenvalue weighted by Crippen LogP contribution is -2.30. The van der Waals surface area contributed by atoms with Crippen LogP contribution in [-0.4, -0.2) is 14.5 Å². The van der Waals surface area contributed by atoms with Crippen LogP contribution < -0.4 is 4.72 Å². The van der Waals surface area contributed by atoms with Crippen LogP contribution in [0.25, 0.3) is 0 Å². The van der Waals surface area contributed by atoms with Gasteiger partial charge in [-0.25, -0.2) is 13.1 Å². The molecule has 3 nitrogen and oxygen atoms in total. The van der Waals surface area contributed by atoms with Gasteiger partial charge in [0.2, 0.25) is 10.0 Å². The normalized spacial score (nSPS) is 12.1. The van der Waals surface area contributed by atoms with Crippen molar-refractivity contribution in [3.63, 3.8) is 0 Å². The molecule has 0 unspecified atom stereocenters. The second-order valence-electron chi connectivity index (χ2n) is 4.10. The molecule has 17 heavy (non-hydrogen) atoms. The second kappa shape index (κ2) is 5.57. The molecule has 0 atom stereocenters. The molecule has 0 radical (unpaired) electrons. The van der Waals surface area contributed by atoms with E-state index in [1.807, 2.05) is 0 Å². The lowest BCUT2D eigenvalue weighted by atomic mass is 10.1. The number of rotatable bonds is 4. The lowest BCUT2D eigenvalue weighted by Gasteiger charge is -2.14. The Balaban J connectivity index is 3.36. The molecule has 0 amide bonds. The van der Waals surface area contributed by atoms with Crippen LogP contribution in [0.15, 0.2) is 17.0 Å². The summed E-state index contributed by atoms with van der Waals surface area (Å²) in [5.74, 6) is 0.233. The van der Waals surface area contributed by atoms with Crippen molar-refractivity contribution in [1.29, 1.82) is 0 Å². The van der Waals surface area contributed by atoms with Gasteiger partial charge in [0.1, 0.15) is 0 Å². The first-order valence-electron chi connectivity index (χ1n) is 5.15. The molecule has 0 aliphatic heterocycles. The Morgan fingerprint density at radius 1 is 1.35 bits per heavy atom. The standard InChI is InChI=1S/C11H15Cl2NO2S/c1-7(2)14-17(15,16)11-5-10(13)4-9(6-12)8(11)3/h4-5,7,14H,6H2,1-3H3. The van der Waals surface area contributed by atoms with Gasteiger partial charge in [-0.1, -0.05) is 11.6 Å². The van der Waals surface area contributed by atoms with E-state index in [1.165, 1.54) is 6.07 Å². The molecule has 0 saturated carbocycles. The Morgan fingerprint density at radius 3 is 2.41 bits per heavy atom. The molecule has 0 aliphatic carbocycles. The molecule has 0 fully saturated rings. The van der Waals surface area contributed by atoms with Crippen LogP contribution in [0, 0.1) is 6.92 Å². The van der Waals surface area contributed by atoms with Crippen LogP contribution in [0.1, 0.15) is 25.0 Å². The van der Waals surface area contributed by atoms with Crippen LogP contribution in [0.3, 0.4) is 0 Å². The molecule has 0 saturated heterocycles. The smallest absolute Gasteiger partial charge is 0.209 e.